The highest BCUT2D eigenvalue weighted by molar-refractivity contribution is 5.68. The van der Waals surface area contributed by atoms with Gasteiger partial charge in [0.15, 0.2) is 0 Å². The molecule has 1 atom stereocenters. The summed E-state index contributed by atoms with van der Waals surface area (Å²) in [5.74, 6) is 0.984. The van der Waals surface area contributed by atoms with Crippen LogP contribution in [0.4, 0.5) is 4.79 Å². The molecule has 1 aliphatic rings. The number of hydrogen-bond acceptors (Lipinski definition) is 3. The fourth-order valence-corrected chi connectivity index (χ4v) is 2.25. The quantitative estimate of drug-likeness (QED) is 0.840. The maximum absolute atomic E-state index is 12.1. The molecule has 4 heteroatoms. The second kappa shape index (κ2) is 7.62. The van der Waals surface area contributed by atoms with E-state index in [0.717, 1.165) is 32.5 Å². The first-order chi connectivity index (χ1) is 8.50. The molecule has 1 amide bonds. The average molecular weight is 256 g/mol. The highest BCUT2D eigenvalue weighted by Gasteiger charge is 2.27. The number of nitrogens with one attached hydrogen (secondary N) is 1. The van der Waals surface area contributed by atoms with Gasteiger partial charge in [-0.15, -0.1) is 0 Å². The van der Waals surface area contributed by atoms with Gasteiger partial charge < -0.3 is 15.0 Å². The smallest absolute Gasteiger partial charge is 0.410 e. The van der Waals surface area contributed by atoms with Crippen LogP contribution in [-0.2, 0) is 4.74 Å². The van der Waals surface area contributed by atoms with Gasteiger partial charge in [-0.1, -0.05) is 27.7 Å². The maximum Gasteiger partial charge on any atom is 0.410 e. The number of carbonyl (C=O) groups is 1. The van der Waals surface area contributed by atoms with Crippen molar-refractivity contribution >= 4 is 6.09 Å². The lowest BCUT2D eigenvalue weighted by molar-refractivity contribution is 0.0760. The molecule has 18 heavy (non-hydrogen) atoms. The van der Waals surface area contributed by atoms with Crippen LogP contribution in [0.2, 0.25) is 0 Å². The highest BCUT2D eigenvalue weighted by Crippen LogP contribution is 2.15. The van der Waals surface area contributed by atoms with E-state index in [4.69, 9.17) is 4.74 Å². The molecule has 4 nitrogen and oxygen atoms in total. The number of nitrogens with zero attached hydrogens (tertiary/aromatic N) is 1. The first kappa shape index (κ1) is 15.3. The minimum atomic E-state index is -0.141. The van der Waals surface area contributed by atoms with Crippen LogP contribution in [0.3, 0.4) is 0 Å². The first-order valence-corrected chi connectivity index (χ1v) is 7.14. The van der Waals surface area contributed by atoms with Gasteiger partial charge in [-0.05, 0) is 31.2 Å². The van der Waals surface area contributed by atoms with Gasteiger partial charge >= 0.3 is 6.09 Å². The molecule has 0 aromatic heterocycles. The molecule has 1 fully saturated rings. The third-order valence-corrected chi connectivity index (χ3v) is 3.09. The summed E-state index contributed by atoms with van der Waals surface area (Å²) in [4.78, 5) is 14.0. The van der Waals surface area contributed by atoms with E-state index in [2.05, 4.69) is 33.0 Å². The Bertz CT molecular complexity index is 254. The normalized spacial score (nSPS) is 21.2. The zero-order valence-electron chi connectivity index (χ0n) is 12.2. The number of ether oxygens (including phenoxy) is 1. The molecule has 106 valence electrons. The molecule has 1 unspecified atom stereocenters. The zero-order chi connectivity index (χ0) is 13.5. The number of hydrogen-bond donors (Lipinski definition) is 1. The van der Waals surface area contributed by atoms with Gasteiger partial charge in [-0.3, -0.25) is 0 Å². The molecule has 0 spiro atoms. The molecular weight excluding hydrogens is 228 g/mol. The molecule has 0 aromatic rings. The van der Waals surface area contributed by atoms with E-state index in [9.17, 15) is 4.79 Å². The first-order valence-electron chi connectivity index (χ1n) is 7.14. The highest BCUT2D eigenvalue weighted by atomic mass is 16.6. The minimum Gasteiger partial charge on any atom is -0.449 e. The number of amides is 1. The fraction of sp³-hybridized carbons (Fsp3) is 0.929. The van der Waals surface area contributed by atoms with Crippen molar-refractivity contribution in [3.05, 3.63) is 0 Å². The van der Waals surface area contributed by atoms with Crippen molar-refractivity contribution in [1.29, 1.82) is 0 Å². The summed E-state index contributed by atoms with van der Waals surface area (Å²) < 4.78 is 5.37. The maximum atomic E-state index is 12.1. The van der Waals surface area contributed by atoms with Crippen molar-refractivity contribution < 1.29 is 9.53 Å². The van der Waals surface area contributed by atoms with Gasteiger partial charge in [0.25, 0.3) is 0 Å². The second-order valence-electron chi connectivity index (χ2n) is 6.01. The Kier molecular flexibility index (Phi) is 6.47. The molecule has 1 aliphatic heterocycles. The molecule has 0 aromatic carbocycles. The Labute approximate surface area is 111 Å². The molecule has 0 radical (unpaired) electrons. The van der Waals surface area contributed by atoms with Gasteiger partial charge in [-0.2, -0.15) is 0 Å². The van der Waals surface area contributed by atoms with Gasteiger partial charge in [0.1, 0.15) is 0 Å². The van der Waals surface area contributed by atoms with Crippen molar-refractivity contribution in [3.63, 3.8) is 0 Å². The monoisotopic (exact) mass is 256 g/mol. The summed E-state index contributed by atoms with van der Waals surface area (Å²) in [6.07, 6.45) is 1.90. The lowest BCUT2D eigenvalue weighted by Crippen LogP contribution is -2.44. The van der Waals surface area contributed by atoms with Gasteiger partial charge in [-0.25, -0.2) is 4.79 Å². The van der Waals surface area contributed by atoms with Crippen LogP contribution < -0.4 is 5.32 Å². The summed E-state index contributed by atoms with van der Waals surface area (Å²) in [5, 5.41) is 3.40. The lowest BCUT2D eigenvalue weighted by Gasteiger charge is -2.30. The van der Waals surface area contributed by atoms with Crippen LogP contribution in [0, 0.1) is 11.8 Å². The topological polar surface area (TPSA) is 41.6 Å². The van der Waals surface area contributed by atoms with Crippen molar-refractivity contribution in [2.45, 2.75) is 46.6 Å². The lowest BCUT2D eigenvalue weighted by atomic mass is 10.0. The predicted molar refractivity (Wildman–Crippen MR) is 73.6 cm³/mol. The van der Waals surface area contributed by atoms with E-state index >= 15 is 0 Å². The Morgan fingerprint density at radius 2 is 2.06 bits per heavy atom. The third-order valence-electron chi connectivity index (χ3n) is 3.09. The second-order valence-corrected chi connectivity index (χ2v) is 6.01. The van der Waals surface area contributed by atoms with Crippen LogP contribution >= 0.6 is 0 Å². The molecule has 0 bridgehead atoms. The molecule has 1 N–H and O–H groups in total. The summed E-state index contributed by atoms with van der Waals surface area (Å²) in [6, 6.07) is 0.271. The van der Waals surface area contributed by atoms with Gasteiger partial charge in [0, 0.05) is 19.1 Å². The third kappa shape index (κ3) is 5.25. The molecule has 1 saturated heterocycles. The minimum absolute atomic E-state index is 0.141. The summed E-state index contributed by atoms with van der Waals surface area (Å²) in [6.45, 7) is 11.7. The average Bonchev–Trinajstić information content (AvgIpc) is 2.50. The van der Waals surface area contributed by atoms with E-state index in [1.807, 2.05) is 4.90 Å². The molecule has 1 rings (SSSR count). The number of rotatable bonds is 4. The molecular formula is C14H28N2O2. The molecule has 1 heterocycles. The SMILES string of the molecule is CC(C)COC(=O)N1CCCNCC1CC(C)C. The molecule has 0 aliphatic carbocycles. The van der Waals surface area contributed by atoms with E-state index in [0.29, 0.717) is 18.4 Å². The van der Waals surface area contributed by atoms with Crippen molar-refractivity contribution in [3.8, 4) is 0 Å². The van der Waals surface area contributed by atoms with Crippen LogP contribution in [-0.4, -0.2) is 43.3 Å². The fourth-order valence-electron chi connectivity index (χ4n) is 2.25. The van der Waals surface area contributed by atoms with Gasteiger partial charge in [0.05, 0.1) is 6.61 Å². The largest absolute Gasteiger partial charge is 0.449 e. The van der Waals surface area contributed by atoms with Gasteiger partial charge in [0.2, 0.25) is 0 Å². The van der Waals surface area contributed by atoms with Crippen LogP contribution in [0.1, 0.15) is 40.5 Å². The standard InChI is InChI=1S/C14H28N2O2/c1-11(2)8-13-9-15-6-5-7-16(13)14(17)18-10-12(3)4/h11-13,15H,5-10H2,1-4H3. The van der Waals surface area contributed by atoms with E-state index in [1.165, 1.54) is 0 Å². The molecule has 0 saturated carbocycles. The van der Waals surface area contributed by atoms with E-state index in [1.54, 1.807) is 0 Å². The van der Waals surface area contributed by atoms with E-state index < -0.39 is 0 Å². The Morgan fingerprint density at radius 1 is 1.33 bits per heavy atom. The summed E-state index contributed by atoms with van der Waals surface area (Å²) in [5.41, 5.74) is 0. The van der Waals surface area contributed by atoms with Crippen molar-refractivity contribution in [1.82, 2.24) is 10.2 Å². The Morgan fingerprint density at radius 3 is 2.67 bits per heavy atom. The summed E-state index contributed by atoms with van der Waals surface area (Å²) >= 11 is 0. The Balaban J connectivity index is 2.57. The number of carbonyl (C=O) groups excluding carboxylic acids is 1. The van der Waals surface area contributed by atoms with Crippen LogP contribution in [0.15, 0.2) is 0 Å². The van der Waals surface area contributed by atoms with Crippen molar-refractivity contribution in [2.75, 3.05) is 26.2 Å². The van der Waals surface area contributed by atoms with Crippen molar-refractivity contribution in [2.24, 2.45) is 11.8 Å². The zero-order valence-corrected chi connectivity index (χ0v) is 12.2. The predicted octanol–water partition coefficient (Wildman–Crippen LogP) is 2.49. The Hall–Kier alpha value is -0.770. The summed E-state index contributed by atoms with van der Waals surface area (Å²) in [7, 11) is 0. The van der Waals surface area contributed by atoms with E-state index in [-0.39, 0.29) is 12.1 Å². The van der Waals surface area contributed by atoms with Crippen LogP contribution in [0.5, 0.6) is 0 Å². The van der Waals surface area contributed by atoms with Crippen LogP contribution in [0.25, 0.3) is 0 Å².